The Bertz CT molecular complexity index is 101. The molecule has 0 aromatic heterocycles. The molecule has 1 unspecified atom stereocenters. The molecule has 0 radical (unpaired) electrons. The van der Waals surface area contributed by atoms with E-state index in [4.69, 9.17) is 0 Å². The standard InChI is InChI=1S/C6H10.C5H12.C2H6/c1-6-4-2-3-5-6;1-4-5(2)3;1-2/h2,4,6H,3,5H2,1H3;5H,4H2,1-3H3;1-2H3. The van der Waals surface area contributed by atoms with Crippen molar-refractivity contribution < 1.29 is 0 Å². The first-order chi connectivity index (χ1) is 6.16. The van der Waals surface area contributed by atoms with Crippen molar-refractivity contribution in [3.05, 3.63) is 12.2 Å². The van der Waals surface area contributed by atoms with Gasteiger partial charge in [-0.05, 0) is 24.7 Å². The summed E-state index contributed by atoms with van der Waals surface area (Å²) in [4.78, 5) is 0. The predicted octanol–water partition coefficient (Wildman–Crippen LogP) is 5.05. The molecular weight excluding hydrogens is 156 g/mol. The van der Waals surface area contributed by atoms with Gasteiger partial charge in [-0.3, -0.25) is 0 Å². The van der Waals surface area contributed by atoms with Crippen molar-refractivity contribution in [2.75, 3.05) is 0 Å². The van der Waals surface area contributed by atoms with Gasteiger partial charge in [0.1, 0.15) is 0 Å². The van der Waals surface area contributed by atoms with E-state index in [0.29, 0.717) is 0 Å². The molecule has 0 heterocycles. The molecule has 0 aromatic carbocycles. The highest BCUT2D eigenvalue weighted by molar-refractivity contribution is 4.93. The van der Waals surface area contributed by atoms with E-state index >= 15 is 0 Å². The SMILES string of the molecule is CC.CC1C=CCC1.CCC(C)C. The topological polar surface area (TPSA) is 0 Å². The van der Waals surface area contributed by atoms with E-state index in [2.05, 4.69) is 39.8 Å². The van der Waals surface area contributed by atoms with Crippen LogP contribution < -0.4 is 0 Å². The lowest BCUT2D eigenvalue weighted by atomic mass is 10.2. The lowest BCUT2D eigenvalue weighted by Crippen LogP contribution is -1.77. The molecule has 0 saturated carbocycles. The van der Waals surface area contributed by atoms with E-state index in [9.17, 15) is 0 Å². The zero-order chi connectivity index (χ0) is 10.7. The molecule has 0 spiro atoms. The second kappa shape index (κ2) is 11.7. The molecule has 0 fully saturated rings. The van der Waals surface area contributed by atoms with Crippen molar-refractivity contribution in [1.29, 1.82) is 0 Å². The molecule has 0 heteroatoms. The fourth-order valence-electron chi connectivity index (χ4n) is 0.784. The van der Waals surface area contributed by atoms with Crippen LogP contribution in [-0.2, 0) is 0 Å². The summed E-state index contributed by atoms with van der Waals surface area (Å²) in [5, 5.41) is 0. The summed E-state index contributed by atoms with van der Waals surface area (Å²) in [5.74, 6) is 1.75. The highest BCUT2D eigenvalue weighted by atomic mass is 14.0. The molecule has 0 aliphatic heterocycles. The number of hydrogen-bond donors (Lipinski definition) is 0. The van der Waals surface area contributed by atoms with Crippen LogP contribution in [0.25, 0.3) is 0 Å². The first-order valence-electron chi connectivity index (χ1n) is 5.83. The van der Waals surface area contributed by atoms with Gasteiger partial charge < -0.3 is 0 Å². The van der Waals surface area contributed by atoms with E-state index < -0.39 is 0 Å². The Hall–Kier alpha value is -0.260. The van der Waals surface area contributed by atoms with Crippen molar-refractivity contribution in [2.24, 2.45) is 11.8 Å². The normalized spacial score (nSPS) is 18.8. The minimum Gasteiger partial charge on any atom is -0.0882 e. The maximum atomic E-state index is 2.28. The van der Waals surface area contributed by atoms with E-state index in [1.807, 2.05) is 13.8 Å². The van der Waals surface area contributed by atoms with Crippen LogP contribution >= 0.6 is 0 Å². The van der Waals surface area contributed by atoms with Gasteiger partial charge in [0.25, 0.3) is 0 Å². The minimum absolute atomic E-state index is 0.866. The highest BCUT2D eigenvalue weighted by Crippen LogP contribution is 2.14. The molecule has 1 aliphatic rings. The predicted molar refractivity (Wildman–Crippen MR) is 64.0 cm³/mol. The van der Waals surface area contributed by atoms with Crippen molar-refractivity contribution >= 4 is 0 Å². The van der Waals surface area contributed by atoms with Crippen LogP contribution in [0, 0.1) is 11.8 Å². The van der Waals surface area contributed by atoms with Crippen molar-refractivity contribution in [3.63, 3.8) is 0 Å². The van der Waals surface area contributed by atoms with Gasteiger partial charge in [0, 0.05) is 0 Å². The molecule has 0 amide bonds. The first kappa shape index (κ1) is 15.2. The van der Waals surface area contributed by atoms with Gasteiger partial charge in [-0.25, -0.2) is 0 Å². The average Bonchev–Trinajstić information content (AvgIpc) is 2.60. The van der Waals surface area contributed by atoms with Crippen molar-refractivity contribution in [1.82, 2.24) is 0 Å². The molecule has 1 rings (SSSR count). The van der Waals surface area contributed by atoms with Gasteiger partial charge in [0.15, 0.2) is 0 Å². The van der Waals surface area contributed by atoms with Crippen LogP contribution in [-0.4, -0.2) is 0 Å². The quantitative estimate of drug-likeness (QED) is 0.500. The summed E-state index contributed by atoms with van der Waals surface area (Å²) in [6.07, 6.45) is 8.52. The largest absolute Gasteiger partial charge is 0.0882 e. The third-order valence-electron chi connectivity index (χ3n) is 2.07. The molecule has 80 valence electrons. The van der Waals surface area contributed by atoms with E-state index in [-0.39, 0.29) is 0 Å². The molecular formula is C13H28. The Kier molecular flexibility index (Phi) is 13.7. The van der Waals surface area contributed by atoms with E-state index in [1.54, 1.807) is 0 Å². The third-order valence-corrected chi connectivity index (χ3v) is 2.07. The monoisotopic (exact) mass is 184 g/mol. The summed E-state index contributed by atoms with van der Waals surface area (Å²) in [6.45, 7) is 12.9. The van der Waals surface area contributed by atoms with Crippen LogP contribution in [0.3, 0.4) is 0 Å². The van der Waals surface area contributed by atoms with Gasteiger partial charge in [-0.15, -0.1) is 0 Å². The van der Waals surface area contributed by atoms with Gasteiger partial charge in [-0.1, -0.05) is 60.1 Å². The minimum atomic E-state index is 0.866. The van der Waals surface area contributed by atoms with Gasteiger partial charge in [0.2, 0.25) is 0 Å². The summed E-state index contributed by atoms with van der Waals surface area (Å²) in [6, 6.07) is 0. The van der Waals surface area contributed by atoms with Crippen molar-refractivity contribution in [3.8, 4) is 0 Å². The summed E-state index contributed by atoms with van der Waals surface area (Å²) in [7, 11) is 0. The lowest BCUT2D eigenvalue weighted by molar-refractivity contribution is 0.626. The lowest BCUT2D eigenvalue weighted by Gasteiger charge is -1.90. The number of rotatable bonds is 1. The van der Waals surface area contributed by atoms with Crippen LogP contribution in [0.15, 0.2) is 12.2 Å². The Balaban J connectivity index is 0. The molecule has 0 N–H and O–H groups in total. The molecule has 0 aromatic rings. The molecule has 0 saturated heterocycles. The smallest absolute Gasteiger partial charge is 0.0259 e. The van der Waals surface area contributed by atoms with Crippen LogP contribution in [0.5, 0.6) is 0 Å². The Labute approximate surface area is 85.4 Å². The molecule has 0 nitrogen and oxygen atoms in total. The Morgan fingerprint density at radius 3 is 1.85 bits per heavy atom. The zero-order valence-electron chi connectivity index (χ0n) is 10.4. The fourth-order valence-corrected chi connectivity index (χ4v) is 0.784. The van der Waals surface area contributed by atoms with Gasteiger partial charge >= 0.3 is 0 Å². The third kappa shape index (κ3) is 14.6. The Morgan fingerprint density at radius 1 is 1.31 bits per heavy atom. The highest BCUT2D eigenvalue weighted by Gasteiger charge is 1.98. The summed E-state index contributed by atoms with van der Waals surface area (Å²) in [5.41, 5.74) is 0. The van der Waals surface area contributed by atoms with Gasteiger partial charge in [0.05, 0.1) is 0 Å². The zero-order valence-corrected chi connectivity index (χ0v) is 10.4. The van der Waals surface area contributed by atoms with Crippen LogP contribution in [0.2, 0.25) is 0 Å². The van der Waals surface area contributed by atoms with Crippen LogP contribution in [0.1, 0.15) is 60.8 Å². The molecule has 0 bridgehead atoms. The molecule has 1 aliphatic carbocycles. The number of allylic oxidation sites excluding steroid dienone is 2. The molecule has 1 atom stereocenters. The van der Waals surface area contributed by atoms with E-state index in [1.165, 1.54) is 19.3 Å². The van der Waals surface area contributed by atoms with Gasteiger partial charge in [-0.2, -0.15) is 0 Å². The maximum Gasteiger partial charge on any atom is -0.0259 e. The summed E-state index contributed by atoms with van der Waals surface area (Å²) >= 11 is 0. The molecule has 13 heavy (non-hydrogen) atoms. The average molecular weight is 184 g/mol. The fraction of sp³-hybridized carbons (Fsp3) is 0.846. The Morgan fingerprint density at radius 2 is 1.77 bits per heavy atom. The summed E-state index contributed by atoms with van der Waals surface area (Å²) < 4.78 is 0. The van der Waals surface area contributed by atoms with Crippen molar-refractivity contribution in [2.45, 2.75) is 60.8 Å². The van der Waals surface area contributed by atoms with E-state index in [0.717, 1.165) is 11.8 Å². The van der Waals surface area contributed by atoms with Crippen LogP contribution in [0.4, 0.5) is 0 Å². The second-order valence-corrected chi connectivity index (χ2v) is 3.78. The number of hydrogen-bond acceptors (Lipinski definition) is 0. The second-order valence-electron chi connectivity index (χ2n) is 3.78. The first-order valence-corrected chi connectivity index (χ1v) is 5.83. The maximum absolute atomic E-state index is 2.28.